The number of carbonyl (C=O) groups excluding carboxylic acids is 2. The zero-order chi connectivity index (χ0) is 17.8. The van der Waals surface area contributed by atoms with Crippen molar-refractivity contribution in [1.29, 1.82) is 0 Å². The second kappa shape index (κ2) is 8.39. The first-order valence-corrected chi connectivity index (χ1v) is 10.6. The van der Waals surface area contributed by atoms with Gasteiger partial charge in [-0.25, -0.2) is 0 Å². The van der Waals surface area contributed by atoms with E-state index in [2.05, 4.69) is 6.92 Å². The van der Waals surface area contributed by atoms with E-state index in [1.54, 1.807) is 11.8 Å². The lowest BCUT2D eigenvalue weighted by Gasteiger charge is -2.28. The molecule has 3 rings (SSSR count). The largest absolute Gasteiger partial charge is 0.465 e. The molecule has 2 aliphatic rings. The number of thioether (sulfide) groups is 1. The summed E-state index contributed by atoms with van der Waals surface area (Å²) in [5.74, 6) is 1.58. The Morgan fingerprint density at radius 2 is 2.12 bits per heavy atom. The number of ether oxygens (including phenoxy) is 1. The molecule has 1 aromatic carbocycles. The van der Waals surface area contributed by atoms with Crippen LogP contribution in [0.3, 0.4) is 0 Å². The average molecular weight is 361 g/mol. The number of rotatable bonds is 5. The van der Waals surface area contributed by atoms with Crippen LogP contribution in [-0.4, -0.2) is 24.1 Å². The Kier molecular flexibility index (Phi) is 6.21. The Labute approximate surface area is 154 Å². The van der Waals surface area contributed by atoms with Crippen LogP contribution in [0.25, 0.3) is 0 Å². The molecule has 0 spiro atoms. The molecular weight excluding hydrogens is 332 g/mol. The van der Waals surface area contributed by atoms with Crippen LogP contribution in [0.15, 0.2) is 23.1 Å². The summed E-state index contributed by atoms with van der Waals surface area (Å²) in [5, 5.41) is 0. The smallest absolute Gasteiger partial charge is 0.313 e. The topological polar surface area (TPSA) is 43.4 Å². The number of unbranched alkanes of at least 4 members (excludes halogenated alkanes) is 1. The molecule has 3 nitrogen and oxygen atoms in total. The van der Waals surface area contributed by atoms with Crippen LogP contribution in [0.1, 0.15) is 74.2 Å². The lowest BCUT2D eigenvalue weighted by atomic mass is 9.76. The minimum atomic E-state index is -0.289. The molecule has 1 aromatic rings. The normalized spacial score (nSPS) is 24.0. The number of esters is 1. The molecule has 0 saturated heterocycles. The zero-order valence-corrected chi connectivity index (χ0v) is 16.1. The highest BCUT2D eigenvalue weighted by Crippen LogP contribution is 2.42. The van der Waals surface area contributed by atoms with E-state index in [9.17, 15) is 9.59 Å². The Morgan fingerprint density at radius 3 is 2.92 bits per heavy atom. The number of carbonyl (C=O) groups is 2. The number of ketones is 1. The molecule has 0 radical (unpaired) electrons. The second-order valence-corrected chi connectivity index (χ2v) is 8.39. The highest BCUT2D eigenvalue weighted by Gasteiger charge is 2.35. The van der Waals surface area contributed by atoms with Gasteiger partial charge in [-0.1, -0.05) is 32.3 Å². The van der Waals surface area contributed by atoms with E-state index in [0.29, 0.717) is 18.3 Å². The molecule has 1 saturated carbocycles. The molecule has 3 atom stereocenters. The lowest BCUT2D eigenvalue weighted by Crippen LogP contribution is -2.27. The van der Waals surface area contributed by atoms with E-state index < -0.39 is 0 Å². The van der Waals surface area contributed by atoms with Gasteiger partial charge in [-0.15, -0.1) is 11.8 Å². The van der Waals surface area contributed by atoms with Gasteiger partial charge in [0.05, 0.1) is 12.5 Å². The number of hydrogen-bond donors (Lipinski definition) is 0. The van der Waals surface area contributed by atoms with Gasteiger partial charge < -0.3 is 4.74 Å². The third-order valence-corrected chi connectivity index (χ3v) is 6.81. The highest BCUT2D eigenvalue weighted by atomic mass is 32.2. The van der Waals surface area contributed by atoms with Gasteiger partial charge >= 0.3 is 5.97 Å². The number of Topliss-reactive ketones (excluding diaryl/α,β-unsaturated/α-hetero) is 1. The molecule has 3 unspecified atom stereocenters. The molecule has 4 heteroatoms. The Morgan fingerprint density at radius 1 is 1.32 bits per heavy atom. The number of fused-ring (bicyclic) bond motifs is 2. The maximum Gasteiger partial charge on any atom is 0.313 e. The van der Waals surface area contributed by atoms with Crippen molar-refractivity contribution in [3.63, 3.8) is 0 Å². The van der Waals surface area contributed by atoms with E-state index in [1.807, 2.05) is 25.1 Å². The quantitative estimate of drug-likeness (QED) is 0.533. The third kappa shape index (κ3) is 4.11. The van der Waals surface area contributed by atoms with E-state index in [0.717, 1.165) is 41.0 Å². The van der Waals surface area contributed by atoms with Crippen LogP contribution in [0.4, 0.5) is 0 Å². The number of benzene rings is 1. The lowest BCUT2D eigenvalue weighted by molar-refractivity contribution is -0.145. The van der Waals surface area contributed by atoms with Crippen LogP contribution < -0.4 is 0 Å². The van der Waals surface area contributed by atoms with Gasteiger partial charge in [-0.05, 0) is 49.8 Å². The molecule has 1 aliphatic heterocycles. The first kappa shape index (κ1) is 18.5. The summed E-state index contributed by atoms with van der Waals surface area (Å²) in [6, 6.07) is 5.92. The molecular formula is C21H28O3S. The van der Waals surface area contributed by atoms with Crippen molar-refractivity contribution in [3.05, 3.63) is 29.3 Å². The molecule has 25 heavy (non-hydrogen) atoms. The maximum absolute atomic E-state index is 13.0. The standard InChI is InChI=1S/C21H28O3S/c1-3-4-11-24-21(23)14(2)15-9-10-18-19(12-15)25-13-16-7-5-6-8-17(16)20(18)22/h9-10,12,14,16-17H,3-8,11,13H2,1-2H3. The Balaban J connectivity index is 1.77. The molecule has 0 aromatic heterocycles. The summed E-state index contributed by atoms with van der Waals surface area (Å²) in [5.41, 5.74) is 1.81. The number of hydrogen-bond acceptors (Lipinski definition) is 4. The van der Waals surface area contributed by atoms with Gasteiger partial charge in [-0.2, -0.15) is 0 Å². The van der Waals surface area contributed by atoms with Crippen molar-refractivity contribution in [2.45, 2.75) is 63.2 Å². The van der Waals surface area contributed by atoms with Gasteiger partial charge in [-0.3, -0.25) is 9.59 Å². The zero-order valence-electron chi connectivity index (χ0n) is 15.3. The van der Waals surface area contributed by atoms with Crippen molar-refractivity contribution in [2.24, 2.45) is 11.8 Å². The minimum Gasteiger partial charge on any atom is -0.465 e. The maximum atomic E-state index is 13.0. The predicted molar refractivity (Wildman–Crippen MR) is 101 cm³/mol. The molecule has 0 N–H and O–H groups in total. The van der Waals surface area contributed by atoms with Crippen molar-refractivity contribution in [1.82, 2.24) is 0 Å². The van der Waals surface area contributed by atoms with Crippen molar-refractivity contribution in [2.75, 3.05) is 12.4 Å². The summed E-state index contributed by atoms with van der Waals surface area (Å²) in [6.45, 7) is 4.45. The Hall–Kier alpha value is -1.29. The highest BCUT2D eigenvalue weighted by molar-refractivity contribution is 7.99. The molecule has 1 aliphatic carbocycles. The summed E-state index contributed by atoms with van der Waals surface area (Å²) in [4.78, 5) is 26.2. The first-order valence-electron chi connectivity index (χ1n) is 9.59. The molecule has 1 fully saturated rings. The summed E-state index contributed by atoms with van der Waals surface area (Å²) < 4.78 is 5.35. The predicted octanol–water partition coefficient (Wildman–Crippen LogP) is 5.23. The molecule has 0 bridgehead atoms. The van der Waals surface area contributed by atoms with E-state index in [1.165, 1.54) is 19.3 Å². The van der Waals surface area contributed by atoms with E-state index >= 15 is 0 Å². The van der Waals surface area contributed by atoms with Crippen LogP contribution >= 0.6 is 11.8 Å². The second-order valence-electron chi connectivity index (χ2n) is 7.32. The van der Waals surface area contributed by atoms with E-state index in [4.69, 9.17) is 4.74 Å². The molecule has 136 valence electrons. The SMILES string of the molecule is CCCCOC(=O)C(C)c1ccc2c(c1)SCC1CCCCC1C2=O. The van der Waals surface area contributed by atoms with Crippen LogP contribution in [0, 0.1) is 11.8 Å². The van der Waals surface area contributed by atoms with Gasteiger partial charge in [0.2, 0.25) is 0 Å². The summed E-state index contributed by atoms with van der Waals surface area (Å²) in [6.07, 6.45) is 6.54. The fraction of sp³-hybridized carbons (Fsp3) is 0.619. The first-order chi connectivity index (χ1) is 12.1. The average Bonchev–Trinajstić information content (AvgIpc) is 2.78. The summed E-state index contributed by atoms with van der Waals surface area (Å²) >= 11 is 1.79. The van der Waals surface area contributed by atoms with Gasteiger partial charge in [0.1, 0.15) is 0 Å². The fourth-order valence-electron chi connectivity index (χ4n) is 3.86. The Bertz CT molecular complexity index is 640. The van der Waals surface area contributed by atoms with Crippen LogP contribution in [0.5, 0.6) is 0 Å². The fourth-order valence-corrected chi connectivity index (χ4v) is 5.19. The molecule has 0 amide bonds. The van der Waals surface area contributed by atoms with E-state index in [-0.39, 0.29) is 17.8 Å². The van der Waals surface area contributed by atoms with Crippen molar-refractivity contribution >= 4 is 23.5 Å². The van der Waals surface area contributed by atoms with Gasteiger partial charge in [0.15, 0.2) is 5.78 Å². The summed E-state index contributed by atoms with van der Waals surface area (Å²) in [7, 11) is 0. The van der Waals surface area contributed by atoms with Crippen molar-refractivity contribution < 1.29 is 14.3 Å². The van der Waals surface area contributed by atoms with Crippen LogP contribution in [0.2, 0.25) is 0 Å². The van der Waals surface area contributed by atoms with Gasteiger partial charge in [0.25, 0.3) is 0 Å². The van der Waals surface area contributed by atoms with Crippen LogP contribution in [-0.2, 0) is 9.53 Å². The van der Waals surface area contributed by atoms with Gasteiger partial charge in [0, 0.05) is 22.1 Å². The van der Waals surface area contributed by atoms with Crippen molar-refractivity contribution in [3.8, 4) is 0 Å². The monoisotopic (exact) mass is 360 g/mol. The molecule has 1 heterocycles. The minimum absolute atomic E-state index is 0.174. The third-order valence-electron chi connectivity index (χ3n) is 5.57.